The van der Waals surface area contributed by atoms with Crippen molar-refractivity contribution in [3.63, 3.8) is 0 Å². The lowest BCUT2D eigenvalue weighted by atomic mass is 9.80. The van der Waals surface area contributed by atoms with Crippen molar-refractivity contribution in [3.05, 3.63) is 34.3 Å². The van der Waals surface area contributed by atoms with E-state index < -0.39 is 0 Å². The summed E-state index contributed by atoms with van der Waals surface area (Å²) in [5.41, 5.74) is 8.47. The molecule has 0 heterocycles. The first-order chi connectivity index (χ1) is 7.16. The molecule has 0 spiro atoms. The van der Waals surface area contributed by atoms with Crippen LogP contribution in [0.5, 0.6) is 0 Å². The fourth-order valence-corrected chi connectivity index (χ4v) is 2.52. The zero-order chi connectivity index (χ0) is 10.8. The third-order valence-corrected chi connectivity index (χ3v) is 3.69. The number of halogens is 1. The molecule has 2 rings (SSSR count). The molecule has 1 unspecified atom stereocenters. The second kappa shape index (κ2) is 4.54. The Labute approximate surface area is 96.6 Å². The van der Waals surface area contributed by atoms with Gasteiger partial charge in [-0.15, -0.1) is 0 Å². The van der Waals surface area contributed by atoms with Crippen molar-refractivity contribution >= 4 is 11.6 Å². The third-order valence-electron chi connectivity index (χ3n) is 3.37. The Bertz CT molecular complexity index is 344. The zero-order valence-electron chi connectivity index (χ0n) is 9.17. The normalized spacial score (nSPS) is 18.6. The van der Waals surface area contributed by atoms with Crippen LogP contribution in [0.25, 0.3) is 0 Å². The average molecular weight is 224 g/mol. The van der Waals surface area contributed by atoms with Crippen LogP contribution in [0.15, 0.2) is 18.2 Å². The Morgan fingerprint density at radius 3 is 2.73 bits per heavy atom. The summed E-state index contributed by atoms with van der Waals surface area (Å²) in [4.78, 5) is 0. The van der Waals surface area contributed by atoms with E-state index in [0.717, 1.165) is 22.9 Å². The predicted octanol–water partition coefficient (Wildman–Crippen LogP) is 3.84. The highest BCUT2D eigenvalue weighted by molar-refractivity contribution is 6.31. The largest absolute Gasteiger partial charge is 0.324 e. The highest BCUT2D eigenvalue weighted by atomic mass is 35.5. The lowest BCUT2D eigenvalue weighted by Crippen LogP contribution is -2.20. The van der Waals surface area contributed by atoms with E-state index >= 15 is 0 Å². The standard InChI is InChI=1S/C13H18ClN/c1-9-5-6-11(12(14)7-9)13(15)8-10-3-2-4-10/h5-7,10,13H,2-4,8,15H2,1H3. The highest BCUT2D eigenvalue weighted by Crippen LogP contribution is 2.35. The first-order valence-electron chi connectivity index (χ1n) is 5.68. The summed E-state index contributed by atoms with van der Waals surface area (Å²) in [7, 11) is 0. The molecular formula is C13H18ClN. The summed E-state index contributed by atoms with van der Waals surface area (Å²) in [6.07, 6.45) is 5.15. The van der Waals surface area contributed by atoms with Crippen LogP contribution in [0.1, 0.15) is 42.9 Å². The number of hydrogen-bond acceptors (Lipinski definition) is 1. The minimum atomic E-state index is 0.114. The fourth-order valence-electron chi connectivity index (χ4n) is 2.15. The first-order valence-corrected chi connectivity index (χ1v) is 6.06. The average Bonchev–Trinajstić information content (AvgIpc) is 2.11. The van der Waals surface area contributed by atoms with Crippen LogP contribution in [0.3, 0.4) is 0 Å². The summed E-state index contributed by atoms with van der Waals surface area (Å²) in [5.74, 6) is 0.831. The van der Waals surface area contributed by atoms with Crippen molar-refractivity contribution in [2.24, 2.45) is 11.7 Å². The quantitative estimate of drug-likeness (QED) is 0.828. The predicted molar refractivity (Wildman–Crippen MR) is 65.1 cm³/mol. The molecule has 0 bridgehead atoms. The number of benzene rings is 1. The van der Waals surface area contributed by atoms with Crippen LogP contribution in [-0.2, 0) is 0 Å². The summed E-state index contributed by atoms with van der Waals surface area (Å²) in [6.45, 7) is 2.05. The molecule has 0 amide bonds. The fraction of sp³-hybridized carbons (Fsp3) is 0.538. The molecule has 1 fully saturated rings. The molecular weight excluding hydrogens is 206 g/mol. The van der Waals surface area contributed by atoms with Gasteiger partial charge in [-0.2, -0.15) is 0 Å². The molecule has 0 radical (unpaired) electrons. The zero-order valence-corrected chi connectivity index (χ0v) is 9.93. The van der Waals surface area contributed by atoms with Crippen LogP contribution in [0.4, 0.5) is 0 Å². The van der Waals surface area contributed by atoms with Crippen molar-refractivity contribution < 1.29 is 0 Å². The minimum Gasteiger partial charge on any atom is -0.324 e. The van der Waals surface area contributed by atoms with E-state index in [0.29, 0.717) is 0 Å². The van der Waals surface area contributed by atoms with Crippen molar-refractivity contribution in [1.29, 1.82) is 0 Å². The minimum absolute atomic E-state index is 0.114. The van der Waals surface area contributed by atoms with Gasteiger partial charge in [-0.1, -0.05) is 43.0 Å². The molecule has 1 aromatic rings. The van der Waals surface area contributed by atoms with Gasteiger partial charge in [0, 0.05) is 11.1 Å². The smallest absolute Gasteiger partial charge is 0.0456 e. The summed E-state index contributed by atoms with van der Waals surface area (Å²) in [6, 6.07) is 6.27. The molecule has 1 aliphatic rings. The van der Waals surface area contributed by atoms with Gasteiger partial charge in [0.2, 0.25) is 0 Å². The van der Waals surface area contributed by atoms with Gasteiger partial charge in [-0.3, -0.25) is 0 Å². The molecule has 2 N–H and O–H groups in total. The highest BCUT2D eigenvalue weighted by Gasteiger charge is 2.21. The maximum atomic E-state index is 6.19. The Kier molecular flexibility index (Phi) is 3.32. The molecule has 1 saturated carbocycles. The van der Waals surface area contributed by atoms with Crippen LogP contribution < -0.4 is 5.73 Å². The van der Waals surface area contributed by atoms with Gasteiger partial charge < -0.3 is 5.73 Å². The van der Waals surface area contributed by atoms with Crippen molar-refractivity contribution in [2.75, 3.05) is 0 Å². The van der Waals surface area contributed by atoms with Crippen LogP contribution in [0, 0.1) is 12.8 Å². The van der Waals surface area contributed by atoms with Crippen LogP contribution in [-0.4, -0.2) is 0 Å². The first kappa shape index (κ1) is 11.0. The molecule has 1 nitrogen and oxygen atoms in total. The lowest BCUT2D eigenvalue weighted by Gasteiger charge is -2.28. The molecule has 15 heavy (non-hydrogen) atoms. The monoisotopic (exact) mass is 223 g/mol. The van der Waals surface area contributed by atoms with E-state index in [4.69, 9.17) is 17.3 Å². The molecule has 1 aliphatic carbocycles. The molecule has 2 heteroatoms. The number of aryl methyl sites for hydroxylation is 1. The van der Waals surface area contributed by atoms with Crippen molar-refractivity contribution in [1.82, 2.24) is 0 Å². The van der Waals surface area contributed by atoms with Gasteiger partial charge >= 0.3 is 0 Å². The Balaban J connectivity index is 2.06. The Hall–Kier alpha value is -0.530. The second-order valence-electron chi connectivity index (χ2n) is 4.66. The number of hydrogen-bond donors (Lipinski definition) is 1. The number of rotatable bonds is 3. The molecule has 0 aliphatic heterocycles. The van der Waals surface area contributed by atoms with Crippen molar-refractivity contribution in [3.8, 4) is 0 Å². The van der Waals surface area contributed by atoms with Gasteiger partial charge in [0.05, 0.1) is 0 Å². The maximum absolute atomic E-state index is 6.19. The lowest BCUT2D eigenvalue weighted by molar-refractivity contribution is 0.277. The van der Waals surface area contributed by atoms with Gasteiger partial charge in [-0.05, 0) is 36.5 Å². The summed E-state index contributed by atoms with van der Waals surface area (Å²) in [5, 5.41) is 0.821. The van der Waals surface area contributed by atoms with Crippen molar-refractivity contribution in [2.45, 2.75) is 38.6 Å². The molecule has 1 aromatic carbocycles. The van der Waals surface area contributed by atoms with Gasteiger partial charge in [0.25, 0.3) is 0 Å². The third kappa shape index (κ3) is 2.53. The molecule has 0 aromatic heterocycles. The van der Waals surface area contributed by atoms with Crippen LogP contribution in [0.2, 0.25) is 5.02 Å². The van der Waals surface area contributed by atoms with E-state index in [-0.39, 0.29) is 6.04 Å². The topological polar surface area (TPSA) is 26.0 Å². The summed E-state index contributed by atoms with van der Waals surface area (Å²) >= 11 is 6.19. The number of nitrogens with two attached hydrogens (primary N) is 1. The van der Waals surface area contributed by atoms with E-state index in [2.05, 4.69) is 12.1 Å². The van der Waals surface area contributed by atoms with E-state index in [1.807, 2.05) is 13.0 Å². The van der Waals surface area contributed by atoms with Gasteiger partial charge in [-0.25, -0.2) is 0 Å². The Morgan fingerprint density at radius 2 is 2.20 bits per heavy atom. The van der Waals surface area contributed by atoms with E-state index in [1.54, 1.807) is 0 Å². The maximum Gasteiger partial charge on any atom is 0.0456 e. The van der Waals surface area contributed by atoms with E-state index in [1.165, 1.54) is 24.8 Å². The Morgan fingerprint density at radius 1 is 1.47 bits per heavy atom. The molecule has 0 saturated heterocycles. The van der Waals surface area contributed by atoms with Gasteiger partial charge in [0.1, 0.15) is 0 Å². The van der Waals surface area contributed by atoms with Crippen LogP contribution >= 0.6 is 11.6 Å². The SMILES string of the molecule is Cc1ccc(C(N)CC2CCC2)c(Cl)c1. The van der Waals surface area contributed by atoms with Gasteiger partial charge in [0.15, 0.2) is 0 Å². The molecule has 82 valence electrons. The molecule has 1 atom stereocenters. The summed E-state index contributed by atoms with van der Waals surface area (Å²) < 4.78 is 0. The second-order valence-corrected chi connectivity index (χ2v) is 5.07. The van der Waals surface area contributed by atoms with E-state index in [9.17, 15) is 0 Å².